The summed E-state index contributed by atoms with van der Waals surface area (Å²) in [5.74, 6) is 0. The van der Waals surface area contributed by atoms with E-state index in [1.165, 1.54) is 83.8 Å². The van der Waals surface area contributed by atoms with Gasteiger partial charge >= 0.3 is 0 Å². The molecule has 11 aromatic rings. The first-order valence-electron chi connectivity index (χ1n) is 24.4. The van der Waals surface area contributed by atoms with Gasteiger partial charge in [0.15, 0.2) is 0 Å². The minimum atomic E-state index is -0.581. The number of hydrogen-bond donors (Lipinski definition) is 0. The highest BCUT2D eigenvalue weighted by Crippen LogP contribution is 2.64. The number of hydrogen-bond acceptors (Lipinski definition) is 3. The lowest BCUT2D eigenvalue weighted by Crippen LogP contribution is -2.36. The van der Waals surface area contributed by atoms with E-state index in [1.807, 2.05) is 6.07 Å². The standard InChI is InChI=1S/C67H46N2O/c1-3-17-45(18-4-1)46-31-33-48(34-32-46)53-21-8-13-27-62(53)68(51-38-35-47(36-39-51)49-37-41-57-56-23-9-16-30-65(56)70-66(57)43-49)52-40-42-55-54-22-7-10-24-58(54)67(61(55)44-52)59-25-11-14-28-63(59)69(50-19-5-2-6-20-50)64-29-15-12-26-60(64)67/h1-35,37-38,40-44H,36,39H2. The first kappa shape index (κ1) is 40.2. The van der Waals surface area contributed by atoms with Crippen LogP contribution in [0.4, 0.5) is 28.4 Å². The van der Waals surface area contributed by atoms with Crippen LogP contribution in [0.5, 0.6) is 0 Å². The van der Waals surface area contributed by atoms with Crippen LogP contribution in [-0.2, 0) is 5.41 Å². The van der Waals surface area contributed by atoms with E-state index < -0.39 is 5.41 Å². The molecule has 3 heteroatoms. The van der Waals surface area contributed by atoms with Gasteiger partial charge in [-0.25, -0.2) is 0 Å². The van der Waals surface area contributed by atoms with Crippen molar-refractivity contribution < 1.29 is 4.42 Å². The van der Waals surface area contributed by atoms with E-state index in [-0.39, 0.29) is 0 Å². The molecule has 70 heavy (non-hydrogen) atoms. The zero-order valence-electron chi connectivity index (χ0n) is 38.5. The van der Waals surface area contributed by atoms with Gasteiger partial charge in [-0.2, -0.15) is 0 Å². The fourth-order valence-electron chi connectivity index (χ4n) is 11.9. The third-order valence-electron chi connectivity index (χ3n) is 15.0. The summed E-state index contributed by atoms with van der Waals surface area (Å²) >= 11 is 0. The van der Waals surface area contributed by atoms with Gasteiger partial charge in [0.05, 0.1) is 22.5 Å². The molecule has 0 N–H and O–H groups in total. The molecule has 0 unspecified atom stereocenters. The van der Waals surface area contributed by atoms with Gasteiger partial charge in [0.25, 0.3) is 0 Å². The fourth-order valence-corrected chi connectivity index (χ4v) is 11.9. The van der Waals surface area contributed by atoms with E-state index in [4.69, 9.17) is 4.42 Å². The Morgan fingerprint density at radius 2 is 0.971 bits per heavy atom. The molecule has 2 heterocycles. The molecule has 0 saturated heterocycles. The van der Waals surface area contributed by atoms with E-state index in [9.17, 15) is 0 Å². The van der Waals surface area contributed by atoms with Crippen molar-refractivity contribution in [3.05, 3.63) is 288 Å². The quantitative estimate of drug-likeness (QED) is 0.159. The molecule has 0 saturated carbocycles. The third-order valence-corrected chi connectivity index (χ3v) is 15.0. The SMILES string of the molecule is C1=C(c2ccc3c(c2)oc2ccccc23)CCC(N(c2ccc3c(c2)C2(c4ccccc4-3)c3ccccc3N(c3ccccc3)c3ccccc32)c2ccccc2-c2ccc(-c3ccccc3)cc2)=C1. The Morgan fingerprint density at radius 1 is 0.386 bits per heavy atom. The Balaban J connectivity index is 0.968. The molecule has 1 spiro atoms. The highest BCUT2D eigenvalue weighted by Gasteiger charge is 2.52. The Kier molecular flexibility index (Phi) is 9.25. The molecule has 0 radical (unpaired) electrons. The van der Waals surface area contributed by atoms with Crippen molar-refractivity contribution >= 4 is 55.9 Å². The van der Waals surface area contributed by atoms with Crippen LogP contribution < -0.4 is 9.80 Å². The maximum Gasteiger partial charge on any atom is 0.136 e. The first-order valence-corrected chi connectivity index (χ1v) is 24.4. The van der Waals surface area contributed by atoms with Gasteiger partial charge in [-0.1, -0.05) is 188 Å². The molecule has 3 aliphatic rings. The maximum atomic E-state index is 6.37. The summed E-state index contributed by atoms with van der Waals surface area (Å²) in [6, 6.07) is 89.0. The monoisotopic (exact) mass is 894 g/mol. The summed E-state index contributed by atoms with van der Waals surface area (Å²) in [7, 11) is 0. The number of rotatable bonds is 7. The lowest BCUT2D eigenvalue weighted by molar-refractivity contribution is 0.669. The second kappa shape index (κ2) is 16.1. The van der Waals surface area contributed by atoms with Crippen LogP contribution in [0.15, 0.2) is 265 Å². The largest absolute Gasteiger partial charge is 0.456 e. The van der Waals surface area contributed by atoms with Crippen molar-refractivity contribution in [2.75, 3.05) is 9.80 Å². The van der Waals surface area contributed by atoms with Crippen LogP contribution in [0.3, 0.4) is 0 Å². The minimum Gasteiger partial charge on any atom is -0.456 e. The molecule has 0 amide bonds. The molecular weight excluding hydrogens is 849 g/mol. The van der Waals surface area contributed by atoms with Gasteiger partial charge in [0.1, 0.15) is 11.2 Å². The Labute approximate surface area is 408 Å². The predicted molar refractivity (Wildman–Crippen MR) is 290 cm³/mol. The molecule has 0 bridgehead atoms. The van der Waals surface area contributed by atoms with Crippen molar-refractivity contribution in [2.24, 2.45) is 0 Å². The highest BCUT2D eigenvalue weighted by atomic mass is 16.3. The number of allylic oxidation sites excluding steroid dienone is 4. The average Bonchev–Trinajstić information content (AvgIpc) is 3.95. The van der Waals surface area contributed by atoms with Crippen LogP contribution in [0.25, 0.3) is 60.9 Å². The first-order chi connectivity index (χ1) is 34.7. The number of benzene rings is 10. The molecule has 3 nitrogen and oxygen atoms in total. The van der Waals surface area contributed by atoms with E-state index >= 15 is 0 Å². The lowest BCUT2D eigenvalue weighted by Gasteiger charge is -2.45. The normalized spacial score (nSPS) is 14.1. The highest BCUT2D eigenvalue weighted by molar-refractivity contribution is 6.05. The lowest BCUT2D eigenvalue weighted by atomic mass is 9.64. The van der Waals surface area contributed by atoms with Crippen molar-refractivity contribution in [3.8, 4) is 33.4 Å². The number of para-hydroxylation sites is 5. The average molecular weight is 895 g/mol. The van der Waals surface area contributed by atoms with Crippen molar-refractivity contribution in [2.45, 2.75) is 18.3 Å². The van der Waals surface area contributed by atoms with Crippen molar-refractivity contribution in [1.29, 1.82) is 0 Å². The molecule has 10 aromatic carbocycles. The Hall–Kier alpha value is -8.92. The minimum absolute atomic E-state index is 0.581. The van der Waals surface area contributed by atoms with Gasteiger partial charge in [0.2, 0.25) is 0 Å². The molecule has 1 aromatic heterocycles. The molecule has 2 aliphatic carbocycles. The van der Waals surface area contributed by atoms with Crippen molar-refractivity contribution in [3.63, 3.8) is 0 Å². The molecular formula is C67H46N2O. The predicted octanol–water partition coefficient (Wildman–Crippen LogP) is 18.0. The van der Waals surface area contributed by atoms with Gasteiger partial charge in [0, 0.05) is 33.4 Å². The Morgan fingerprint density at radius 3 is 1.73 bits per heavy atom. The number of furan rings is 1. The number of fused-ring (bicyclic) bond motifs is 12. The molecule has 0 fully saturated rings. The molecule has 0 atom stereocenters. The smallest absolute Gasteiger partial charge is 0.136 e. The topological polar surface area (TPSA) is 19.6 Å². The van der Waals surface area contributed by atoms with Crippen LogP contribution >= 0.6 is 0 Å². The van der Waals surface area contributed by atoms with E-state index in [0.29, 0.717) is 0 Å². The van der Waals surface area contributed by atoms with Crippen LogP contribution in [0.1, 0.15) is 40.7 Å². The van der Waals surface area contributed by atoms with Gasteiger partial charge in [-0.05, 0) is 141 Å². The second-order valence-corrected chi connectivity index (χ2v) is 18.7. The van der Waals surface area contributed by atoms with Crippen LogP contribution in [-0.4, -0.2) is 0 Å². The summed E-state index contributed by atoms with van der Waals surface area (Å²) in [6.45, 7) is 0. The summed E-state index contributed by atoms with van der Waals surface area (Å²) in [5, 5.41) is 2.31. The molecule has 1 aliphatic heterocycles. The third kappa shape index (κ3) is 6.15. The second-order valence-electron chi connectivity index (χ2n) is 18.7. The van der Waals surface area contributed by atoms with Gasteiger partial charge in [-0.15, -0.1) is 0 Å². The van der Waals surface area contributed by atoms with E-state index in [0.717, 1.165) is 51.8 Å². The van der Waals surface area contributed by atoms with Gasteiger partial charge in [-0.3, -0.25) is 0 Å². The summed E-state index contributed by atoms with van der Waals surface area (Å²) in [5.41, 5.74) is 23.3. The van der Waals surface area contributed by atoms with Crippen LogP contribution in [0.2, 0.25) is 0 Å². The molecule has 330 valence electrons. The number of nitrogens with zero attached hydrogens (tertiary/aromatic N) is 2. The van der Waals surface area contributed by atoms with Gasteiger partial charge < -0.3 is 14.2 Å². The Bertz CT molecular complexity index is 3850. The van der Waals surface area contributed by atoms with E-state index in [2.05, 4.69) is 259 Å². The maximum absolute atomic E-state index is 6.37. The number of anilines is 5. The van der Waals surface area contributed by atoms with E-state index in [1.54, 1.807) is 0 Å². The molecule has 14 rings (SSSR count). The summed E-state index contributed by atoms with van der Waals surface area (Å²) in [6.07, 6.45) is 6.44. The summed E-state index contributed by atoms with van der Waals surface area (Å²) < 4.78 is 6.37. The van der Waals surface area contributed by atoms with Crippen molar-refractivity contribution in [1.82, 2.24) is 0 Å². The zero-order chi connectivity index (χ0) is 46.2. The van der Waals surface area contributed by atoms with Crippen LogP contribution in [0, 0.1) is 0 Å². The zero-order valence-corrected chi connectivity index (χ0v) is 38.5. The fraction of sp³-hybridized carbons (Fsp3) is 0.0448. The summed E-state index contributed by atoms with van der Waals surface area (Å²) in [4.78, 5) is 5.00.